The molecule has 0 spiro atoms. The molecular formula is C21H30O3. The molecule has 0 radical (unpaired) electrons. The summed E-state index contributed by atoms with van der Waals surface area (Å²) < 4.78 is 0. The fourth-order valence-corrected chi connectivity index (χ4v) is 4.55. The Kier molecular flexibility index (Phi) is 5.47. The van der Waals surface area contributed by atoms with E-state index in [4.69, 9.17) is 0 Å². The van der Waals surface area contributed by atoms with Crippen LogP contribution >= 0.6 is 0 Å². The fourth-order valence-electron chi connectivity index (χ4n) is 4.55. The number of aliphatic carboxylic acids is 1. The average Bonchev–Trinajstić information content (AvgIpc) is 2.62. The maximum absolute atomic E-state index is 11.5. The summed E-state index contributed by atoms with van der Waals surface area (Å²) in [7, 11) is 0. The molecule has 0 heterocycles. The SMILES string of the molecule is C[C@@H](C(=O)O)c1cc(C2CCCCC2)c(O)c(C2CCCCC2)c1. The van der Waals surface area contributed by atoms with Gasteiger partial charge in [0.1, 0.15) is 5.75 Å². The van der Waals surface area contributed by atoms with Crippen LogP contribution in [0.4, 0.5) is 0 Å². The molecule has 0 aliphatic heterocycles. The van der Waals surface area contributed by atoms with E-state index >= 15 is 0 Å². The zero-order valence-electron chi connectivity index (χ0n) is 14.8. The van der Waals surface area contributed by atoms with Crippen molar-refractivity contribution in [1.82, 2.24) is 0 Å². The zero-order valence-corrected chi connectivity index (χ0v) is 14.8. The normalized spacial score (nSPS) is 21.5. The standard InChI is InChI=1S/C21H30O3/c1-14(21(23)24)17-12-18(15-8-4-2-5-9-15)20(22)19(13-17)16-10-6-3-7-11-16/h12-16,22H,2-11H2,1H3,(H,23,24)/t14-/m1/s1. The minimum Gasteiger partial charge on any atom is -0.507 e. The predicted octanol–water partition coefficient (Wildman–Crippen LogP) is 5.68. The Morgan fingerprint density at radius 1 is 0.917 bits per heavy atom. The van der Waals surface area contributed by atoms with Gasteiger partial charge in [0.25, 0.3) is 0 Å². The van der Waals surface area contributed by atoms with Crippen molar-refractivity contribution in [3.8, 4) is 5.75 Å². The van der Waals surface area contributed by atoms with Gasteiger partial charge in [-0.25, -0.2) is 0 Å². The van der Waals surface area contributed by atoms with Crippen molar-refractivity contribution in [3.63, 3.8) is 0 Å². The van der Waals surface area contributed by atoms with Crippen LogP contribution in [-0.4, -0.2) is 16.2 Å². The van der Waals surface area contributed by atoms with Gasteiger partial charge >= 0.3 is 5.97 Å². The Morgan fingerprint density at radius 3 is 1.71 bits per heavy atom. The number of hydrogen-bond acceptors (Lipinski definition) is 2. The van der Waals surface area contributed by atoms with E-state index in [0.29, 0.717) is 17.6 Å². The van der Waals surface area contributed by atoms with Gasteiger partial charge in [-0.2, -0.15) is 0 Å². The lowest BCUT2D eigenvalue weighted by molar-refractivity contribution is -0.138. The van der Waals surface area contributed by atoms with Gasteiger partial charge in [-0.3, -0.25) is 4.79 Å². The number of carboxylic acids is 1. The molecule has 3 rings (SSSR count). The first-order valence-corrected chi connectivity index (χ1v) is 9.67. The van der Waals surface area contributed by atoms with Gasteiger partial charge in [0.2, 0.25) is 0 Å². The molecule has 0 unspecified atom stereocenters. The molecule has 24 heavy (non-hydrogen) atoms. The van der Waals surface area contributed by atoms with Crippen molar-refractivity contribution < 1.29 is 15.0 Å². The summed E-state index contributed by atoms with van der Waals surface area (Å²) in [6.07, 6.45) is 11.8. The van der Waals surface area contributed by atoms with E-state index in [2.05, 4.69) is 0 Å². The Balaban J connectivity index is 2.02. The van der Waals surface area contributed by atoms with Gasteiger partial charge in [-0.05, 0) is 61.1 Å². The third-order valence-electron chi connectivity index (χ3n) is 6.15. The zero-order chi connectivity index (χ0) is 17.1. The first kappa shape index (κ1) is 17.3. The number of phenols is 1. The van der Waals surface area contributed by atoms with Crippen LogP contribution < -0.4 is 0 Å². The number of aromatic hydroxyl groups is 1. The smallest absolute Gasteiger partial charge is 0.310 e. The molecule has 0 saturated heterocycles. The molecule has 2 fully saturated rings. The summed E-state index contributed by atoms with van der Waals surface area (Å²) in [5.74, 6) is -0.0561. The van der Waals surface area contributed by atoms with Gasteiger partial charge in [0.15, 0.2) is 0 Å². The fraction of sp³-hybridized carbons (Fsp3) is 0.667. The molecular weight excluding hydrogens is 300 g/mol. The van der Waals surface area contributed by atoms with Gasteiger partial charge in [0.05, 0.1) is 5.92 Å². The maximum atomic E-state index is 11.5. The van der Waals surface area contributed by atoms with Crippen LogP contribution in [0.1, 0.15) is 106 Å². The van der Waals surface area contributed by atoms with Crippen LogP contribution in [0.25, 0.3) is 0 Å². The van der Waals surface area contributed by atoms with Crippen LogP contribution in [-0.2, 0) is 4.79 Å². The molecule has 1 aromatic rings. The first-order chi connectivity index (χ1) is 11.6. The lowest BCUT2D eigenvalue weighted by Crippen LogP contribution is -2.13. The molecule has 0 bridgehead atoms. The number of benzene rings is 1. The van der Waals surface area contributed by atoms with E-state index in [1.807, 2.05) is 12.1 Å². The van der Waals surface area contributed by atoms with Crippen molar-refractivity contribution in [2.45, 2.75) is 88.9 Å². The highest BCUT2D eigenvalue weighted by atomic mass is 16.4. The number of phenolic OH excluding ortho intramolecular Hbond substituents is 1. The molecule has 2 aliphatic rings. The van der Waals surface area contributed by atoms with Gasteiger partial charge < -0.3 is 10.2 Å². The summed E-state index contributed by atoms with van der Waals surface area (Å²) >= 11 is 0. The molecule has 2 saturated carbocycles. The van der Waals surface area contributed by atoms with E-state index in [9.17, 15) is 15.0 Å². The topological polar surface area (TPSA) is 57.5 Å². The molecule has 132 valence electrons. The average molecular weight is 330 g/mol. The third kappa shape index (κ3) is 3.60. The van der Waals surface area contributed by atoms with Crippen molar-refractivity contribution in [1.29, 1.82) is 0 Å². The monoisotopic (exact) mass is 330 g/mol. The highest BCUT2D eigenvalue weighted by molar-refractivity contribution is 5.76. The molecule has 1 atom stereocenters. The second-order valence-corrected chi connectivity index (χ2v) is 7.78. The second-order valence-electron chi connectivity index (χ2n) is 7.78. The van der Waals surface area contributed by atoms with E-state index < -0.39 is 11.9 Å². The minimum absolute atomic E-state index is 0.391. The highest BCUT2D eigenvalue weighted by Gasteiger charge is 2.27. The van der Waals surface area contributed by atoms with Crippen molar-refractivity contribution >= 4 is 5.97 Å². The summed E-state index contributed by atoms with van der Waals surface area (Å²) in [6, 6.07) is 3.97. The molecule has 3 heteroatoms. The molecule has 2 N–H and O–H groups in total. The summed E-state index contributed by atoms with van der Waals surface area (Å²) in [5, 5.41) is 20.4. The Morgan fingerprint density at radius 2 is 1.33 bits per heavy atom. The molecule has 1 aromatic carbocycles. The summed E-state index contributed by atoms with van der Waals surface area (Å²) in [4.78, 5) is 11.5. The van der Waals surface area contributed by atoms with Crippen molar-refractivity contribution in [2.24, 2.45) is 0 Å². The van der Waals surface area contributed by atoms with Gasteiger partial charge in [-0.15, -0.1) is 0 Å². The second kappa shape index (κ2) is 7.58. The number of carbonyl (C=O) groups is 1. The highest BCUT2D eigenvalue weighted by Crippen LogP contribution is 2.45. The van der Waals surface area contributed by atoms with Crippen LogP contribution in [0.3, 0.4) is 0 Å². The van der Waals surface area contributed by atoms with Crippen LogP contribution in [0, 0.1) is 0 Å². The number of rotatable bonds is 4. The van der Waals surface area contributed by atoms with Gasteiger partial charge in [0, 0.05) is 0 Å². The summed E-state index contributed by atoms with van der Waals surface area (Å²) in [6.45, 7) is 1.75. The van der Waals surface area contributed by atoms with Crippen LogP contribution in [0.2, 0.25) is 0 Å². The third-order valence-corrected chi connectivity index (χ3v) is 6.15. The Labute approximate surface area is 145 Å². The maximum Gasteiger partial charge on any atom is 0.310 e. The van der Waals surface area contributed by atoms with Crippen molar-refractivity contribution in [2.75, 3.05) is 0 Å². The van der Waals surface area contributed by atoms with Gasteiger partial charge in [-0.1, -0.05) is 50.7 Å². The molecule has 0 amide bonds. The first-order valence-electron chi connectivity index (χ1n) is 9.67. The summed E-state index contributed by atoms with van der Waals surface area (Å²) in [5.41, 5.74) is 2.89. The van der Waals surface area contributed by atoms with E-state index in [1.54, 1.807) is 6.92 Å². The largest absolute Gasteiger partial charge is 0.507 e. The van der Waals surface area contributed by atoms with E-state index in [1.165, 1.54) is 38.5 Å². The number of hydrogen-bond donors (Lipinski definition) is 2. The number of carboxylic acid groups (broad SMARTS) is 1. The van der Waals surface area contributed by atoms with Crippen molar-refractivity contribution in [3.05, 3.63) is 28.8 Å². The predicted molar refractivity (Wildman–Crippen MR) is 95.8 cm³/mol. The minimum atomic E-state index is -0.787. The Bertz CT molecular complexity index is 542. The Hall–Kier alpha value is -1.51. The van der Waals surface area contributed by atoms with E-state index in [0.717, 1.165) is 42.4 Å². The van der Waals surface area contributed by atoms with Crippen LogP contribution in [0.5, 0.6) is 5.75 Å². The molecule has 0 aromatic heterocycles. The lowest BCUT2D eigenvalue weighted by atomic mass is 9.77. The molecule has 2 aliphatic carbocycles. The quantitative estimate of drug-likeness (QED) is 0.747. The van der Waals surface area contributed by atoms with E-state index in [-0.39, 0.29) is 0 Å². The van der Waals surface area contributed by atoms with Crippen LogP contribution in [0.15, 0.2) is 12.1 Å². The lowest BCUT2D eigenvalue weighted by Gasteiger charge is -2.28. The molecule has 3 nitrogen and oxygen atoms in total.